The van der Waals surface area contributed by atoms with Crippen molar-refractivity contribution in [2.24, 2.45) is 0 Å². The molecule has 2 fully saturated rings. The highest BCUT2D eigenvalue weighted by atomic mass is 16.5. The molecule has 6 rings (SSSR count). The number of esters is 1. The van der Waals surface area contributed by atoms with Gasteiger partial charge in [0.1, 0.15) is 18.0 Å². The predicted molar refractivity (Wildman–Crippen MR) is 216 cm³/mol. The lowest BCUT2D eigenvalue weighted by atomic mass is 9.93. The number of carbonyl (C=O) groups is 4. The highest BCUT2D eigenvalue weighted by Gasteiger charge is 2.52. The fraction of sp³-hybridized carbons (Fsp3) is 0.435. The van der Waals surface area contributed by atoms with E-state index in [1.54, 1.807) is 21.9 Å². The molecule has 2 aliphatic rings. The van der Waals surface area contributed by atoms with E-state index < -0.39 is 18.2 Å². The van der Waals surface area contributed by atoms with Gasteiger partial charge in [-0.3, -0.25) is 14.4 Å². The molecule has 2 heterocycles. The molecule has 0 aromatic heterocycles. The van der Waals surface area contributed by atoms with Gasteiger partial charge in [-0.25, -0.2) is 4.79 Å². The van der Waals surface area contributed by atoms with Gasteiger partial charge in [0.05, 0.1) is 6.04 Å². The van der Waals surface area contributed by atoms with Gasteiger partial charge in [-0.1, -0.05) is 143 Å². The van der Waals surface area contributed by atoms with E-state index in [2.05, 4.69) is 30.4 Å². The number of piperazine rings is 1. The third-order valence-electron chi connectivity index (χ3n) is 11.1. The summed E-state index contributed by atoms with van der Waals surface area (Å²) in [5.41, 5.74) is 2.80. The Bertz CT molecular complexity index is 1890. The van der Waals surface area contributed by atoms with Crippen LogP contribution >= 0.6 is 0 Å². The van der Waals surface area contributed by atoms with Crippen LogP contribution in [-0.2, 0) is 33.9 Å². The topological polar surface area (TPSA) is 99.3 Å². The van der Waals surface area contributed by atoms with Crippen molar-refractivity contribution in [3.63, 3.8) is 0 Å². The fourth-order valence-electron chi connectivity index (χ4n) is 8.10. The number of amides is 4. The summed E-state index contributed by atoms with van der Waals surface area (Å²) in [6.45, 7) is 5.11. The maximum absolute atomic E-state index is 14.6. The first-order valence-electron chi connectivity index (χ1n) is 20.3. The van der Waals surface area contributed by atoms with Gasteiger partial charge < -0.3 is 24.8 Å². The summed E-state index contributed by atoms with van der Waals surface area (Å²) in [6.07, 6.45) is 10.7. The Kier molecular flexibility index (Phi) is 14.0. The van der Waals surface area contributed by atoms with Crippen LogP contribution in [0.15, 0.2) is 97.1 Å². The smallest absolute Gasteiger partial charge is 0.319 e. The van der Waals surface area contributed by atoms with Crippen molar-refractivity contribution in [1.82, 2.24) is 20.0 Å². The molecule has 3 atom stereocenters. The standard InChI is InChI=1S/C46H56N4O5/c1-3-4-5-6-7-8-9-10-14-24-43(52)55-39-27-25-35(26-28-39)31-41-45(53)49(33-38-22-17-21-37-20-15-16-23-40(37)38)34(2)44-48(30-29-42(51)50(41)44)46(54)47-32-36-18-12-11-13-19-36/h11-13,15-23,25-28,34,41,44H,3-10,14,24,29-33H2,1-2H3,(H,47,54)/t34-,41-,44?/m0/s1. The van der Waals surface area contributed by atoms with E-state index in [4.69, 9.17) is 4.74 Å². The van der Waals surface area contributed by atoms with E-state index in [1.807, 2.05) is 78.6 Å². The average molecular weight is 745 g/mol. The maximum Gasteiger partial charge on any atom is 0.319 e. The molecule has 55 heavy (non-hydrogen) atoms. The zero-order valence-electron chi connectivity index (χ0n) is 32.5. The lowest BCUT2D eigenvalue weighted by Gasteiger charge is -2.55. The Labute approximate surface area is 326 Å². The number of carbonyl (C=O) groups excluding carboxylic acids is 4. The number of ether oxygens (including phenoxy) is 1. The van der Waals surface area contributed by atoms with Crippen molar-refractivity contribution in [1.29, 1.82) is 0 Å². The van der Waals surface area contributed by atoms with Crippen LogP contribution in [0, 0.1) is 0 Å². The summed E-state index contributed by atoms with van der Waals surface area (Å²) >= 11 is 0. The Hall–Kier alpha value is -5.18. The Morgan fingerprint density at radius 1 is 0.764 bits per heavy atom. The van der Waals surface area contributed by atoms with Gasteiger partial charge in [0.2, 0.25) is 11.8 Å². The number of unbranched alkanes of at least 4 members (excludes halogenated alkanes) is 8. The zero-order chi connectivity index (χ0) is 38.6. The number of hydrogen-bond acceptors (Lipinski definition) is 5. The highest BCUT2D eigenvalue weighted by Crippen LogP contribution is 2.34. The molecule has 1 unspecified atom stereocenters. The molecule has 0 saturated carbocycles. The van der Waals surface area contributed by atoms with E-state index >= 15 is 0 Å². The molecule has 0 aliphatic carbocycles. The van der Waals surface area contributed by atoms with Crippen LogP contribution in [-0.4, -0.2) is 63.3 Å². The second-order valence-corrected chi connectivity index (χ2v) is 15.1. The summed E-state index contributed by atoms with van der Waals surface area (Å²) in [5, 5.41) is 5.20. The maximum atomic E-state index is 14.6. The number of nitrogens with zero attached hydrogens (tertiary/aromatic N) is 3. The van der Waals surface area contributed by atoms with Crippen LogP contribution in [0.1, 0.15) is 101 Å². The number of fused-ring (bicyclic) bond motifs is 2. The molecule has 9 nitrogen and oxygen atoms in total. The molecule has 0 bridgehead atoms. The first-order chi connectivity index (χ1) is 26.8. The van der Waals surface area contributed by atoms with Gasteiger partial charge in [-0.05, 0) is 52.9 Å². The minimum absolute atomic E-state index is 0.128. The van der Waals surface area contributed by atoms with Crippen LogP contribution in [0.25, 0.3) is 10.8 Å². The van der Waals surface area contributed by atoms with E-state index in [9.17, 15) is 19.2 Å². The van der Waals surface area contributed by atoms with Crippen LogP contribution in [0.4, 0.5) is 4.79 Å². The second kappa shape index (κ2) is 19.4. The van der Waals surface area contributed by atoms with Crippen LogP contribution < -0.4 is 10.1 Å². The first-order valence-corrected chi connectivity index (χ1v) is 20.3. The van der Waals surface area contributed by atoms with Crippen LogP contribution in [0.3, 0.4) is 0 Å². The van der Waals surface area contributed by atoms with Crippen molar-refractivity contribution in [3.8, 4) is 5.75 Å². The molecular weight excluding hydrogens is 689 g/mol. The van der Waals surface area contributed by atoms with Gasteiger partial charge in [-0.15, -0.1) is 0 Å². The van der Waals surface area contributed by atoms with Crippen molar-refractivity contribution < 1.29 is 23.9 Å². The van der Waals surface area contributed by atoms with Gasteiger partial charge in [-0.2, -0.15) is 0 Å². The highest BCUT2D eigenvalue weighted by molar-refractivity contribution is 5.92. The van der Waals surface area contributed by atoms with Crippen molar-refractivity contribution in [2.75, 3.05) is 6.54 Å². The third-order valence-corrected chi connectivity index (χ3v) is 11.1. The van der Waals surface area contributed by atoms with Crippen LogP contribution in [0.2, 0.25) is 0 Å². The zero-order valence-corrected chi connectivity index (χ0v) is 32.5. The summed E-state index contributed by atoms with van der Waals surface area (Å²) in [7, 11) is 0. The molecule has 0 radical (unpaired) electrons. The molecule has 2 saturated heterocycles. The number of hydrogen-bond donors (Lipinski definition) is 1. The first kappa shape index (κ1) is 39.5. The summed E-state index contributed by atoms with van der Waals surface area (Å²) in [6, 6.07) is 29.6. The molecule has 0 spiro atoms. The quantitative estimate of drug-likeness (QED) is 0.0662. The Balaban J connectivity index is 1.16. The summed E-state index contributed by atoms with van der Waals surface area (Å²) in [4.78, 5) is 60.2. The van der Waals surface area contributed by atoms with E-state index in [0.29, 0.717) is 25.3 Å². The molecule has 4 aromatic rings. The largest absolute Gasteiger partial charge is 0.427 e. The van der Waals surface area contributed by atoms with Crippen LogP contribution in [0.5, 0.6) is 5.75 Å². The van der Waals surface area contributed by atoms with Crippen molar-refractivity contribution in [3.05, 3.63) is 114 Å². The molecule has 4 amide bonds. The van der Waals surface area contributed by atoms with Crippen molar-refractivity contribution >= 4 is 34.6 Å². The molecule has 2 aliphatic heterocycles. The lowest BCUT2D eigenvalue weighted by molar-refractivity contribution is -0.173. The monoisotopic (exact) mass is 744 g/mol. The SMILES string of the molecule is CCCCCCCCCCCC(=O)Oc1ccc(C[C@H]2C(=O)N(Cc3cccc4ccccc34)[C@@H](C)C3N(C(=O)NCc4ccccc4)CCC(=O)N32)cc1. The van der Waals surface area contributed by atoms with Crippen molar-refractivity contribution in [2.45, 2.75) is 122 Å². The number of urea groups is 1. The molecule has 1 N–H and O–H groups in total. The molecule has 290 valence electrons. The summed E-state index contributed by atoms with van der Waals surface area (Å²) in [5.74, 6) is -0.0927. The average Bonchev–Trinajstić information content (AvgIpc) is 3.20. The lowest BCUT2D eigenvalue weighted by Crippen LogP contribution is -2.75. The molecule has 4 aromatic carbocycles. The van der Waals surface area contributed by atoms with E-state index in [0.717, 1.165) is 46.7 Å². The van der Waals surface area contributed by atoms with E-state index in [-0.39, 0.29) is 43.2 Å². The minimum atomic E-state index is -0.826. The Morgan fingerprint density at radius 3 is 2.18 bits per heavy atom. The number of nitrogens with one attached hydrogen (secondary N) is 1. The van der Waals surface area contributed by atoms with E-state index in [1.165, 1.54) is 38.5 Å². The minimum Gasteiger partial charge on any atom is -0.427 e. The molecule has 9 heteroatoms. The third kappa shape index (κ3) is 10.1. The molecular formula is C46H56N4O5. The van der Waals surface area contributed by atoms with Gasteiger partial charge in [0.25, 0.3) is 0 Å². The normalized spacial score (nSPS) is 18.4. The van der Waals surface area contributed by atoms with Gasteiger partial charge in [0.15, 0.2) is 0 Å². The van der Waals surface area contributed by atoms with Gasteiger partial charge >= 0.3 is 12.0 Å². The number of benzene rings is 4. The second-order valence-electron chi connectivity index (χ2n) is 15.1. The predicted octanol–water partition coefficient (Wildman–Crippen LogP) is 8.78. The Morgan fingerprint density at radius 2 is 1.44 bits per heavy atom. The van der Waals surface area contributed by atoms with Gasteiger partial charge in [0, 0.05) is 38.9 Å². The number of rotatable bonds is 17. The fourth-order valence-corrected chi connectivity index (χ4v) is 8.10. The summed E-state index contributed by atoms with van der Waals surface area (Å²) < 4.78 is 5.65.